The highest BCUT2D eigenvalue weighted by Crippen LogP contribution is 2.23. The zero-order valence-corrected chi connectivity index (χ0v) is 14.1. The number of halogens is 1. The standard InChI is InChI=1S/C15H13BrN4OS/c16-13-9-22-14(19-13)8-20-4-3-10-6-17-15(18-11(10)7-20)12-2-1-5-21-12/h1-2,5-6,9H,3-4,7-8H2. The zero-order valence-electron chi connectivity index (χ0n) is 11.7. The predicted octanol–water partition coefficient (Wildman–Crippen LogP) is 3.51. The molecule has 0 saturated heterocycles. The van der Waals surface area contributed by atoms with Crippen molar-refractivity contribution in [2.75, 3.05) is 6.54 Å². The molecule has 0 unspecified atom stereocenters. The van der Waals surface area contributed by atoms with Gasteiger partial charge < -0.3 is 4.42 Å². The molecule has 0 amide bonds. The van der Waals surface area contributed by atoms with E-state index in [1.807, 2.05) is 23.7 Å². The third-order valence-electron chi connectivity index (χ3n) is 3.65. The van der Waals surface area contributed by atoms with Gasteiger partial charge >= 0.3 is 0 Å². The monoisotopic (exact) mass is 376 g/mol. The van der Waals surface area contributed by atoms with E-state index < -0.39 is 0 Å². The average molecular weight is 377 g/mol. The molecule has 3 aromatic heterocycles. The van der Waals surface area contributed by atoms with Crippen molar-refractivity contribution in [2.24, 2.45) is 0 Å². The van der Waals surface area contributed by atoms with Crippen molar-refractivity contribution in [2.45, 2.75) is 19.5 Å². The molecule has 0 aromatic carbocycles. The molecule has 0 atom stereocenters. The minimum Gasteiger partial charge on any atom is -0.461 e. The summed E-state index contributed by atoms with van der Waals surface area (Å²) in [6, 6.07) is 3.74. The molecular formula is C15H13BrN4OS. The van der Waals surface area contributed by atoms with Crippen molar-refractivity contribution in [3.63, 3.8) is 0 Å². The molecule has 0 radical (unpaired) electrons. The Labute approximate surface area is 140 Å². The number of aromatic nitrogens is 3. The van der Waals surface area contributed by atoms with Crippen LogP contribution in [0.3, 0.4) is 0 Å². The Bertz CT molecular complexity index is 787. The van der Waals surface area contributed by atoms with Gasteiger partial charge in [0.15, 0.2) is 11.6 Å². The van der Waals surface area contributed by atoms with Gasteiger partial charge in [-0.05, 0) is 40.0 Å². The number of furan rings is 1. The van der Waals surface area contributed by atoms with E-state index in [4.69, 9.17) is 4.42 Å². The van der Waals surface area contributed by atoms with Gasteiger partial charge in [0, 0.05) is 24.7 Å². The number of rotatable bonds is 3. The van der Waals surface area contributed by atoms with E-state index in [0.717, 1.165) is 41.4 Å². The highest BCUT2D eigenvalue weighted by molar-refractivity contribution is 9.10. The summed E-state index contributed by atoms with van der Waals surface area (Å²) in [5.74, 6) is 1.37. The Hall–Kier alpha value is -1.57. The number of nitrogens with zero attached hydrogens (tertiary/aromatic N) is 4. The smallest absolute Gasteiger partial charge is 0.195 e. The highest BCUT2D eigenvalue weighted by atomic mass is 79.9. The van der Waals surface area contributed by atoms with Gasteiger partial charge in [-0.3, -0.25) is 4.90 Å². The number of hydrogen-bond donors (Lipinski definition) is 0. The first-order valence-corrected chi connectivity index (χ1v) is 8.66. The molecule has 7 heteroatoms. The van der Waals surface area contributed by atoms with Crippen LogP contribution in [0.15, 0.2) is 39.0 Å². The molecule has 0 saturated carbocycles. The molecule has 0 N–H and O–H groups in total. The minimum absolute atomic E-state index is 0.655. The van der Waals surface area contributed by atoms with Crippen LogP contribution in [0.4, 0.5) is 0 Å². The molecule has 4 heterocycles. The Morgan fingerprint density at radius 2 is 2.32 bits per heavy atom. The number of thiazole rings is 1. The fourth-order valence-corrected chi connectivity index (χ4v) is 3.88. The van der Waals surface area contributed by atoms with Crippen molar-refractivity contribution in [1.29, 1.82) is 0 Å². The largest absolute Gasteiger partial charge is 0.461 e. The lowest BCUT2D eigenvalue weighted by Gasteiger charge is -2.26. The van der Waals surface area contributed by atoms with Crippen molar-refractivity contribution in [1.82, 2.24) is 19.9 Å². The average Bonchev–Trinajstić information content (AvgIpc) is 3.18. The van der Waals surface area contributed by atoms with E-state index in [0.29, 0.717) is 11.6 Å². The van der Waals surface area contributed by atoms with E-state index in [1.165, 1.54) is 5.56 Å². The number of hydrogen-bond acceptors (Lipinski definition) is 6. The zero-order chi connectivity index (χ0) is 14.9. The fourth-order valence-electron chi connectivity index (χ4n) is 2.57. The molecule has 3 aromatic rings. The first kappa shape index (κ1) is 14.0. The summed E-state index contributed by atoms with van der Waals surface area (Å²) >= 11 is 5.08. The Balaban J connectivity index is 1.55. The van der Waals surface area contributed by atoms with E-state index in [-0.39, 0.29) is 0 Å². The van der Waals surface area contributed by atoms with Gasteiger partial charge in [0.2, 0.25) is 0 Å². The molecule has 0 bridgehead atoms. The van der Waals surface area contributed by atoms with Crippen LogP contribution in [-0.4, -0.2) is 26.4 Å². The summed E-state index contributed by atoms with van der Waals surface area (Å²) in [4.78, 5) is 15.9. The van der Waals surface area contributed by atoms with Gasteiger partial charge in [-0.15, -0.1) is 11.3 Å². The molecule has 0 fully saturated rings. The van der Waals surface area contributed by atoms with Crippen LogP contribution in [0.2, 0.25) is 0 Å². The van der Waals surface area contributed by atoms with Crippen LogP contribution < -0.4 is 0 Å². The lowest BCUT2D eigenvalue weighted by Crippen LogP contribution is -2.31. The van der Waals surface area contributed by atoms with Crippen LogP contribution in [0, 0.1) is 0 Å². The maximum absolute atomic E-state index is 5.38. The fraction of sp³-hybridized carbons (Fsp3) is 0.267. The van der Waals surface area contributed by atoms with E-state index in [1.54, 1.807) is 17.6 Å². The molecule has 22 heavy (non-hydrogen) atoms. The van der Waals surface area contributed by atoms with Gasteiger partial charge in [-0.1, -0.05) is 0 Å². The summed E-state index contributed by atoms with van der Waals surface area (Å²) < 4.78 is 6.29. The van der Waals surface area contributed by atoms with Gasteiger partial charge in [0.05, 0.1) is 18.5 Å². The van der Waals surface area contributed by atoms with Gasteiger partial charge in [-0.25, -0.2) is 15.0 Å². The molecular weight excluding hydrogens is 364 g/mol. The second-order valence-electron chi connectivity index (χ2n) is 5.17. The molecule has 0 spiro atoms. The molecule has 1 aliphatic rings. The third-order valence-corrected chi connectivity index (χ3v) is 5.19. The molecule has 4 rings (SSSR count). The SMILES string of the molecule is Brc1csc(CN2CCc3cnc(-c4ccco4)nc3C2)n1. The van der Waals surface area contributed by atoms with Crippen LogP contribution in [-0.2, 0) is 19.5 Å². The summed E-state index contributed by atoms with van der Waals surface area (Å²) in [7, 11) is 0. The Kier molecular flexibility index (Phi) is 3.77. The maximum Gasteiger partial charge on any atom is 0.195 e. The number of fused-ring (bicyclic) bond motifs is 1. The normalized spacial score (nSPS) is 15.0. The van der Waals surface area contributed by atoms with Crippen molar-refractivity contribution in [3.05, 3.63) is 50.8 Å². The summed E-state index contributed by atoms with van der Waals surface area (Å²) in [6.45, 7) is 2.69. The van der Waals surface area contributed by atoms with Crippen LogP contribution in [0.25, 0.3) is 11.6 Å². The van der Waals surface area contributed by atoms with E-state index >= 15 is 0 Å². The van der Waals surface area contributed by atoms with Crippen LogP contribution in [0.1, 0.15) is 16.3 Å². The van der Waals surface area contributed by atoms with Crippen molar-refractivity contribution >= 4 is 27.3 Å². The molecule has 0 aliphatic carbocycles. The van der Waals surface area contributed by atoms with Crippen LogP contribution in [0.5, 0.6) is 0 Å². The quantitative estimate of drug-likeness (QED) is 0.699. The Morgan fingerprint density at radius 1 is 1.36 bits per heavy atom. The maximum atomic E-state index is 5.38. The van der Waals surface area contributed by atoms with Crippen molar-refractivity contribution < 1.29 is 4.42 Å². The topological polar surface area (TPSA) is 55.1 Å². The minimum atomic E-state index is 0.655. The van der Waals surface area contributed by atoms with Gasteiger partial charge in [0.1, 0.15) is 9.61 Å². The third kappa shape index (κ3) is 2.84. The van der Waals surface area contributed by atoms with Crippen LogP contribution >= 0.6 is 27.3 Å². The predicted molar refractivity (Wildman–Crippen MR) is 87.4 cm³/mol. The van der Waals surface area contributed by atoms with E-state index in [2.05, 4.69) is 35.8 Å². The molecule has 1 aliphatic heterocycles. The molecule has 5 nitrogen and oxygen atoms in total. The van der Waals surface area contributed by atoms with Crippen molar-refractivity contribution in [3.8, 4) is 11.6 Å². The summed E-state index contributed by atoms with van der Waals surface area (Å²) in [6.07, 6.45) is 4.54. The van der Waals surface area contributed by atoms with Gasteiger partial charge in [0.25, 0.3) is 0 Å². The summed E-state index contributed by atoms with van der Waals surface area (Å²) in [5, 5.41) is 3.14. The molecule has 112 valence electrons. The van der Waals surface area contributed by atoms with E-state index in [9.17, 15) is 0 Å². The lowest BCUT2D eigenvalue weighted by molar-refractivity contribution is 0.241. The Morgan fingerprint density at radius 3 is 3.09 bits per heavy atom. The first-order chi connectivity index (χ1) is 10.8. The lowest BCUT2D eigenvalue weighted by atomic mass is 10.1. The summed E-state index contributed by atoms with van der Waals surface area (Å²) in [5.41, 5.74) is 2.31. The second-order valence-corrected chi connectivity index (χ2v) is 6.92. The van der Waals surface area contributed by atoms with Gasteiger partial charge in [-0.2, -0.15) is 0 Å². The highest BCUT2D eigenvalue weighted by Gasteiger charge is 2.20. The second kappa shape index (κ2) is 5.91. The first-order valence-electron chi connectivity index (χ1n) is 6.99.